The summed E-state index contributed by atoms with van der Waals surface area (Å²) < 4.78 is 1.14. The molecule has 1 aliphatic rings. The molecule has 0 nitrogen and oxygen atoms in total. The fourth-order valence-corrected chi connectivity index (χ4v) is 2.71. The summed E-state index contributed by atoms with van der Waals surface area (Å²) in [6, 6.07) is 12.5. The summed E-state index contributed by atoms with van der Waals surface area (Å²) in [5.74, 6) is 0. The Morgan fingerprint density at radius 2 is 1.80 bits per heavy atom. The average molecular weight is 280 g/mol. The third-order valence-electron chi connectivity index (χ3n) is 2.81. The molecular formula is C13H8BrCl. The molecule has 0 spiro atoms. The van der Waals surface area contributed by atoms with E-state index in [1.54, 1.807) is 0 Å². The second-order valence-corrected chi connectivity index (χ2v) is 5.13. The van der Waals surface area contributed by atoms with E-state index >= 15 is 0 Å². The molecule has 1 aliphatic carbocycles. The van der Waals surface area contributed by atoms with Crippen molar-refractivity contribution in [3.8, 4) is 11.1 Å². The van der Waals surface area contributed by atoms with Gasteiger partial charge in [0.25, 0.3) is 0 Å². The van der Waals surface area contributed by atoms with Crippen molar-refractivity contribution >= 4 is 27.5 Å². The maximum absolute atomic E-state index is 6.01. The quantitative estimate of drug-likeness (QED) is 0.561. The van der Waals surface area contributed by atoms with Crippen molar-refractivity contribution in [3.63, 3.8) is 0 Å². The highest BCUT2D eigenvalue weighted by Crippen LogP contribution is 2.38. The van der Waals surface area contributed by atoms with Crippen molar-refractivity contribution in [1.82, 2.24) is 0 Å². The predicted octanol–water partition coefficient (Wildman–Crippen LogP) is 4.67. The molecule has 0 atom stereocenters. The third-order valence-corrected chi connectivity index (χ3v) is 3.54. The van der Waals surface area contributed by atoms with E-state index in [0.29, 0.717) is 0 Å². The Morgan fingerprint density at radius 3 is 2.67 bits per heavy atom. The highest BCUT2D eigenvalue weighted by Gasteiger charge is 2.18. The molecule has 0 unspecified atom stereocenters. The first-order valence-electron chi connectivity index (χ1n) is 4.81. The van der Waals surface area contributed by atoms with Gasteiger partial charge in [0.2, 0.25) is 0 Å². The number of halogens is 2. The molecule has 0 aliphatic heterocycles. The van der Waals surface area contributed by atoms with Gasteiger partial charge in [0.1, 0.15) is 0 Å². The van der Waals surface area contributed by atoms with E-state index in [1.807, 2.05) is 6.07 Å². The van der Waals surface area contributed by atoms with Gasteiger partial charge in [-0.25, -0.2) is 0 Å². The molecule has 0 aromatic heterocycles. The first kappa shape index (κ1) is 9.44. The summed E-state index contributed by atoms with van der Waals surface area (Å²) in [4.78, 5) is 0. The summed E-state index contributed by atoms with van der Waals surface area (Å²) in [5.41, 5.74) is 5.34. The Bertz CT molecular complexity index is 546. The van der Waals surface area contributed by atoms with Crippen LogP contribution in [0.15, 0.2) is 40.9 Å². The van der Waals surface area contributed by atoms with Crippen LogP contribution in [0.3, 0.4) is 0 Å². The van der Waals surface area contributed by atoms with Crippen LogP contribution < -0.4 is 0 Å². The van der Waals surface area contributed by atoms with Crippen molar-refractivity contribution in [1.29, 1.82) is 0 Å². The molecule has 0 N–H and O–H groups in total. The molecule has 15 heavy (non-hydrogen) atoms. The van der Waals surface area contributed by atoms with Crippen LogP contribution in [-0.4, -0.2) is 0 Å². The predicted molar refractivity (Wildman–Crippen MR) is 67.4 cm³/mol. The van der Waals surface area contributed by atoms with Gasteiger partial charge in [0, 0.05) is 9.50 Å². The zero-order valence-electron chi connectivity index (χ0n) is 7.93. The van der Waals surface area contributed by atoms with Gasteiger partial charge in [-0.3, -0.25) is 0 Å². The molecule has 2 heteroatoms. The van der Waals surface area contributed by atoms with Crippen LogP contribution in [0.25, 0.3) is 11.1 Å². The lowest BCUT2D eigenvalue weighted by Gasteiger charge is -2.01. The normalized spacial score (nSPS) is 12.4. The van der Waals surface area contributed by atoms with Gasteiger partial charge < -0.3 is 0 Å². The van der Waals surface area contributed by atoms with Crippen LogP contribution in [0, 0.1) is 0 Å². The minimum Gasteiger partial charge on any atom is -0.0843 e. The van der Waals surface area contributed by atoms with E-state index in [0.717, 1.165) is 15.9 Å². The fourth-order valence-electron chi connectivity index (χ4n) is 2.13. The lowest BCUT2D eigenvalue weighted by molar-refractivity contribution is 1.26. The third kappa shape index (κ3) is 1.51. The minimum atomic E-state index is 0.810. The van der Waals surface area contributed by atoms with Gasteiger partial charge in [0.05, 0.1) is 0 Å². The number of hydrogen-bond donors (Lipinski definition) is 0. The van der Waals surface area contributed by atoms with Crippen LogP contribution in [-0.2, 0) is 6.42 Å². The van der Waals surface area contributed by atoms with Gasteiger partial charge in [0.15, 0.2) is 0 Å². The van der Waals surface area contributed by atoms with Crippen molar-refractivity contribution in [2.45, 2.75) is 6.42 Å². The SMILES string of the molecule is Clc1ccc2c(c1)-c1ccc(Br)cc1C2. The van der Waals surface area contributed by atoms with E-state index < -0.39 is 0 Å². The Balaban J connectivity index is 2.26. The molecule has 74 valence electrons. The van der Waals surface area contributed by atoms with Gasteiger partial charge in [-0.2, -0.15) is 0 Å². The van der Waals surface area contributed by atoms with E-state index in [4.69, 9.17) is 11.6 Å². The van der Waals surface area contributed by atoms with Crippen LogP contribution in [0.2, 0.25) is 5.02 Å². The van der Waals surface area contributed by atoms with Crippen molar-refractivity contribution in [2.75, 3.05) is 0 Å². The maximum atomic E-state index is 6.01. The Morgan fingerprint density at radius 1 is 0.933 bits per heavy atom. The van der Waals surface area contributed by atoms with E-state index in [1.165, 1.54) is 22.3 Å². The topological polar surface area (TPSA) is 0 Å². The summed E-state index contributed by atoms with van der Waals surface area (Å²) >= 11 is 9.51. The first-order chi connectivity index (χ1) is 7.24. The van der Waals surface area contributed by atoms with Crippen molar-refractivity contribution < 1.29 is 0 Å². The molecule has 0 fully saturated rings. The summed E-state index contributed by atoms with van der Waals surface area (Å²) in [6.45, 7) is 0. The minimum absolute atomic E-state index is 0.810. The van der Waals surface area contributed by atoms with Crippen molar-refractivity contribution in [2.24, 2.45) is 0 Å². The second kappa shape index (κ2) is 3.36. The van der Waals surface area contributed by atoms with Gasteiger partial charge in [-0.05, 0) is 52.9 Å². The number of rotatable bonds is 0. The van der Waals surface area contributed by atoms with Crippen molar-refractivity contribution in [3.05, 3.63) is 57.0 Å². The monoisotopic (exact) mass is 278 g/mol. The Labute approximate surface area is 102 Å². The van der Waals surface area contributed by atoms with E-state index in [2.05, 4.69) is 46.3 Å². The second-order valence-electron chi connectivity index (χ2n) is 3.78. The summed E-state index contributed by atoms with van der Waals surface area (Å²) in [7, 11) is 0. The molecule has 2 aromatic carbocycles. The molecule has 0 bridgehead atoms. The first-order valence-corrected chi connectivity index (χ1v) is 5.98. The van der Waals surface area contributed by atoms with E-state index in [-0.39, 0.29) is 0 Å². The molecule has 0 saturated heterocycles. The van der Waals surface area contributed by atoms with Gasteiger partial charge >= 0.3 is 0 Å². The van der Waals surface area contributed by atoms with Crippen LogP contribution >= 0.6 is 27.5 Å². The summed E-state index contributed by atoms with van der Waals surface area (Å²) in [5, 5.41) is 0.810. The Hall–Kier alpha value is -0.790. The molecular weight excluding hydrogens is 272 g/mol. The lowest BCUT2D eigenvalue weighted by atomic mass is 10.1. The van der Waals surface area contributed by atoms with Gasteiger partial charge in [-0.1, -0.05) is 39.7 Å². The molecule has 0 heterocycles. The fraction of sp³-hybridized carbons (Fsp3) is 0.0769. The smallest absolute Gasteiger partial charge is 0.0412 e. The summed E-state index contributed by atoms with van der Waals surface area (Å²) in [6.07, 6.45) is 1.02. The standard InChI is InChI=1S/C13H8BrCl/c14-10-2-4-12-9(6-10)5-8-1-3-11(15)7-13(8)12/h1-4,6-7H,5H2. The molecule has 3 rings (SSSR count). The van der Waals surface area contributed by atoms with E-state index in [9.17, 15) is 0 Å². The average Bonchev–Trinajstić information content (AvgIpc) is 2.54. The highest BCUT2D eigenvalue weighted by atomic mass is 79.9. The molecule has 0 amide bonds. The van der Waals surface area contributed by atoms with Crippen LogP contribution in [0.5, 0.6) is 0 Å². The zero-order valence-corrected chi connectivity index (χ0v) is 10.3. The van der Waals surface area contributed by atoms with Gasteiger partial charge in [-0.15, -0.1) is 0 Å². The molecule has 0 saturated carbocycles. The highest BCUT2D eigenvalue weighted by molar-refractivity contribution is 9.10. The number of benzene rings is 2. The Kier molecular flexibility index (Phi) is 2.11. The maximum Gasteiger partial charge on any atom is 0.0412 e. The van der Waals surface area contributed by atoms with Crippen LogP contribution in [0.1, 0.15) is 11.1 Å². The number of hydrogen-bond acceptors (Lipinski definition) is 0. The molecule has 0 radical (unpaired) electrons. The largest absolute Gasteiger partial charge is 0.0843 e. The zero-order chi connectivity index (χ0) is 10.4. The van der Waals surface area contributed by atoms with Crippen LogP contribution in [0.4, 0.5) is 0 Å². The molecule has 2 aromatic rings. The lowest BCUT2D eigenvalue weighted by Crippen LogP contribution is -1.79. The number of fused-ring (bicyclic) bond motifs is 3.